The fraction of sp³-hybridized carbons (Fsp3) is 0.833. The summed E-state index contributed by atoms with van der Waals surface area (Å²) in [5.74, 6) is -0.684. The van der Waals surface area contributed by atoms with Crippen molar-refractivity contribution in [3.05, 3.63) is 0 Å². The summed E-state index contributed by atoms with van der Waals surface area (Å²) in [6.07, 6.45) is 0. The summed E-state index contributed by atoms with van der Waals surface area (Å²) in [5.41, 5.74) is -1.13. The highest BCUT2D eigenvalue weighted by molar-refractivity contribution is 6.03. The van der Waals surface area contributed by atoms with Crippen molar-refractivity contribution in [3.63, 3.8) is 0 Å². The van der Waals surface area contributed by atoms with E-state index in [1.54, 1.807) is 25.7 Å². The van der Waals surface area contributed by atoms with E-state index in [9.17, 15) is 9.59 Å². The van der Waals surface area contributed by atoms with Crippen LogP contribution in [0.4, 0.5) is 0 Å². The molecule has 0 aliphatic heterocycles. The predicted octanol–water partition coefficient (Wildman–Crippen LogP) is 0.459. The highest BCUT2D eigenvalue weighted by Gasteiger charge is 2.37. The highest BCUT2D eigenvalue weighted by atomic mass is 16.5. The zero-order valence-corrected chi connectivity index (χ0v) is 11.2. The van der Waals surface area contributed by atoms with Gasteiger partial charge in [-0.25, -0.2) is 0 Å². The van der Waals surface area contributed by atoms with Gasteiger partial charge in [-0.15, -0.1) is 0 Å². The molecule has 0 radical (unpaired) electrons. The molecule has 5 nitrogen and oxygen atoms in total. The molecule has 0 aromatic rings. The van der Waals surface area contributed by atoms with Crippen LogP contribution in [0.3, 0.4) is 0 Å². The molecule has 100 valence electrons. The molecule has 0 heterocycles. The minimum Gasteiger partial charge on any atom is -0.465 e. The molecule has 0 spiro atoms. The summed E-state index contributed by atoms with van der Waals surface area (Å²) in [7, 11) is 0. The summed E-state index contributed by atoms with van der Waals surface area (Å²) in [4.78, 5) is 25.4. The second-order valence-electron chi connectivity index (χ2n) is 4.36. The van der Waals surface area contributed by atoms with Gasteiger partial charge in [0.1, 0.15) is 5.41 Å². The van der Waals surface area contributed by atoms with E-state index < -0.39 is 11.4 Å². The Morgan fingerprint density at radius 2 is 1.88 bits per heavy atom. The number of carbonyl (C=O) groups excluding carboxylic acids is 2. The Morgan fingerprint density at radius 1 is 1.29 bits per heavy atom. The van der Waals surface area contributed by atoms with Crippen LogP contribution in [0.15, 0.2) is 0 Å². The lowest BCUT2D eigenvalue weighted by molar-refractivity contribution is -0.158. The second kappa shape index (κ2) is 7.40. The van der Waals surface area contributed by atoms with Gasteiger partial charge in [0.05, 0.1) is 19.8 Å². The first kappa shape index (κ1) is 16.1. The Kier molecular flexibility index (Phi) is 6.99. The van der Waals surface area contributed by atoms with Gasteiger partial charge in [-0.1, -0.05) is 6.92 Å². The van der Waals surface area contributed by atoms with Crippen LogP contribution in [0.5, 0.6) is 0 Å². The van der Waals surface area contributed by atoms with Crippen LogP contribution >= 0.6 is 0 Å². The zero-order valence-electron chi connectivity index (χ0n) is 11.2. The van der Waals surface area contributed by atoms with E-state index in [-0.39, 0.29) is 25.5 Å². The van der Waals surface area contributed by atoms with Gasteiger partial charge >= 0.3 is 5.97 Å². The summed E-state index contributed by atoms with van der Waals surface area (Å²) < 4.78 is 4.88. The molecule has 0 amide bonds. The van der Waals surface area contributed by atoms with Crippen LogP contribution < -0.4 is 0 Å². The van der Waals surface area contributed by atoms with Crippen LogP contribution in [-0.4, -0.2) is 54.6 Å². The fourth-order valence-corrected chi connectivity index (χ4v) is 1.32. The Morgan fingerprint density at radius 3 is 2.29 bits per heavy atom. The van der Waals surface area contributed by atoms with E-state index in [0.717, 1.165) is 0 Å². The molecule has 0 aromatic carbocycles. The molecule has 0 atom stereocenters. The summed E-state index contributed by atoms with van der Waals surface area (Å²) in [5, 5.41) is 8.83. The van der Waals surface area contributed by atoms with Crippen molar-refractivity contribution in [2.24, 2.45) is 5.41 Å². The fourth-order valence-electron chi connectivity index (χ4n) is 1.32. The average molecular weight is 245 g/mol. The maximum Gasteiger partial charge on any atom is 0.319 e. The first-order valence-electron chi connectivity index (χ1n) is 5.93. The zero-order chi connectivity index (χ0) is 13.5. The smallest absolute Gasteiger partial charge is 0.319 e. The Labute approximate surface area is 103 Å². The molecule has 0 aliphatic carbocycles. The molecule has 0 fully saturated rings. The topological polar surface area (TPSA) is 66.8 Å². The normalized spacial score (nSPS) is 11.6. The van der Waals surface area contributed by atoms with Gasteiger partial charge in [-0.3, -0.25) is 14.5 Å². The number of carbonyl (C=O) groups is 2. The van der Waals surface area contributed by atoms with Crippen molar-refractivity contribution in [3.8, 4) is 0 Å². The van der Waals surface area contributed by atoms with Crippen LogP contribution in [-0.2, 0) is 14.3 Å². The molecule has 0 saturated heterocycles. The van der Waals surface area contributed by atoms with E-state index in [0.29, 0.717) is 13.1 Å². The van der Waals surface area contributed by atoms with Crippen LogP contribution in [0.1, 0.15) is 27.7 Å². The number of nitrogens with zero attached hydrogens (tertiary/aromatic N) is 1. The van der Waals surface area contributed by atoms with Crippen LogP contribution in [0, 0.1) is 5.41 Å². The molecule has 0 unspecified atom stereocenters. The van der Waals surface area contributed by atoms with Gasteiger partial charge in [-0.2, -0.15) is 0 Å². The third-order valence-electron chi connectivity index (χ3n) is 2.71. The molecule has 0 bridgehead atoms. The lowest BCUT2D eigenvalue weighted by Gasteiger charge is -2.25. The van der Waals surface area contributed by atoms with E-state index in [4.69, 9.17) is 9.84 Å². The van der Waals surface area contributed by atoms with Gasteiger partial charge < -0.3 is 9.84 Å². The highest BCUT2D eigenvalue weighted by Crippen LogP contribution is 2.19. The number of esters is 1. The molecule has 5 heteroatoms. The molecular weight excluding hydrogens is 222 g/mol. The summed E-state index contributed by atoms with van der Waals surface area (Å²) in [6, 6.07) is 0. The number of Topliss-reactive ketones (excluding diaryl/α,β-unsaturated/α-hetero) is 1. The van der Waals surface area contributed by atoms with Crippen molar-refractivity contribution in [2.45, 2.75) is 27.7 Å². The third kappa shape index (κ3) is 4.83. The van der Waals surface area contributed by atoms with Gasteiger partial charge in [0, 0.05) is 6.54 Å². The number of rotatable bonds is 8. The Bertz CT molecular complexity index is 263. The van der Waals surface area contributed by atoms with E-state index in [2.05, 4.69) is 0 Å². The minimum absolute atomic E-state index is 0.000947. The maximum absolute atomic E-state index is 12.0. The summed E-state index contributed by atoms with van der Waals surface area (Å²) in [6.45, 7) is 8.27. The van der Waals surface area contributed by atoms with E-state index >= 15 is 0 Å². The van der Waals surface area contributed by atoms with Gasteiger partial charge in [0.15, 0.2) is 5.78 Å². The van der Waals surface area contributed by atoms with Gasteiger partial charge in [0.2, 0.25) is 0 Å². The molecule has 17 heavy (non-hydrogen) atoms. The lowest BCUT2D eigenvalue weighted by Crippen LogP contribution is -2.43. The molecule has 0 saturated carbocycles. The molecule has 0 aliphatic rings. The average Bonchev–Trinajstić information content (AvgIpc) is 2.28. The maximum atomic E-state index is 12.0. The largest absolute Gasteiger partial charge is 0.465 e. The van der Waals surface area contributed by atoms with Crippen LogP contribution in [0.25, 0.3) is 0 Å². The first-order valence-corrected chi connectivity index (χ1v) is 5.93. The Balaban J connectivity index is 4.51. The van der Waals surface area contributed by atoms with Crippen molar-refractivity contribution in [1.29, 1.82) is 0 Å². The molecular formula is C12H23NO4. The minimum atomic E-state index is -1.13. The van der Waals surface area contributed by atoms with Crippen molar-refractivity contribution >= 4 is 11.8 Å². The van der Waals surface area contributed by atoms with Crippen LogP contribution in [0.2, 0.25) is 0 Å². The third-order valence-corrected chi connectivity index (χ3v) is 2.71. The summed E-state index contributed by atoms with van der Waals surface area (Å²) >= 11 is 0. The lowest BCUT2D eigenvalue weighted by atomic mass is 9.88. The SMILES string of the molecule is CCOC(=O)C(C)(C)C(=O)CN(CC)CCO. The number of ketones is 1. The van der Waals surface area contributed by atoms with Crippen molar-refractivity contribution in [1.82, 2.24) is 4.90 Å². The predicted molar refractivity (Wildman–Crippen MR) is 64.6 cm³/mol. The van der Waals surface area contributed by atoms with E-state index in [1.807, 2.05) is 6.92 Å². The molecule has 1 N–H and O–H groups in total. The second-order valence-corrected chi connectivity index (χ2v) is 4.36. The Hall–Kier alpha value is -0.940. The first-order chi connectivity index (χ1) is 7.89. The number of hydrogen-bond acceptors (Lipinski definition) is 5. The van der Waals surface area contributed by atoms with Crippen molar-refractivity contribution in [2.75, 3.05) is 32.8 Å². The number of aliphatic hydroxyl groups is 1. The van der Waals surface area contributed by atoms with Gasteiger partial charge in [-0.05, 0) is 27.3 Å². The molecule has 0 aromatic heterocycles. The number of hydrogen-bond donors (Lipinski definition) is 1. The monoisotopic (exact) mass is 245 g/mol. The standard InChI is InChI=1S/C12H23NO4/c1-5-13(7-8-14)9-10(15)12(3,4)11(16)17-6-2/h14H,5-9H2,1-4H3. The quantitative estimate of drug-likeness (QED) is 0.497. The van der Waals surface area contributed by atoms with Crippen molar-refractivity contribution < 1.29 is 19.4 Å². The molecule has 0 rings (SSSR count). The number of likely N-dealkylation sites (N-methyl/N-ethyl adjacent to an activating group) is 1. The van der Waals surface area contributed by atoms with E-state index in [1.165, 1.54) is 0 Å². The van der Waals surface area contributed by atoms with Gasteiger partial charge in [0.25, 0.3) is 0 Å². The number of ether oxygens (including phenoxy) is 1. The number of aliphatic hydroxyl groups excluding tert-OH is 1.